The van der Waals surface area contributed by atoms with Gasteiger partial charge in [-0.1, -0.05) is 5.21 Å². The third-order valence-corrected chi connectivity index (χ3v) is 2.13. The quantitative estimate of drug-likeness (QED) is 0.673. The molecule has 0 spiro atoms. The van der Waals surface area contributed by atoms with Gasteiger partial charge in [0, 0.05) is 6.20 Å². The first-order valence-corrected chi connectivity index (χ1v) is 4.24. The van der Waals surface area contributed by atoms with Crippen LogP contribution in [-0.2, 0) is 6.54 Å². The van der Waals surface area contributed by atoms with E-state index in [0.29, 0.717) is 0 Å². The summed E-state index contributed by atoms with van der Waals surface area (Å²) >= 11 is 1.70. The maximum atomic E-state index is 3.86. The van der Waals surface area contributed by atoms with E-state index in [2.05, 4.69) is 27.1 Å². The molecule has 2 aromatic rings. The molecule has 56 valence electrons. The first-order chi connectivity index (χ1) is 5.45. The van der Waals surface area contributed by atoms with Crippen LogP contribution in [0.5, 0.6) is 0 Å². The summed E-state index contributed by atoms with van der Waals surface area (Å²) in [6, 6.07) is 2.09. The molecule has 0 N–H and O–H groups in total. The van der Waals surface area contributed by atoms with Gasteiger partial charge in [-0.2, -0.15) is 11.3 Å². The number of nitrogens with zero attached hydrogens (tertiary/aromatic N) is 3. The fraction of sp³-hybridized carbons (Fsp3) is 0.143. The van der Waals surface area contributed by atoms with Crippen molar-refractivity contribution in [3.8, 4) is 0 Å². The molecule has 0 saturated heterocycles. The van der Waals surface area contributed by atoms with Gasteiger partial charge in [0.05, 0.1) is 12.7 Å². The summed E-state index contributed by atoms with van der Waals surface area (Å²) < 4.78 is 1.81. The van der Waals surface area contributed by atoms with Gasteiger partial charge in [-0.15, -0.1) is 5.10 Å². The highest BCUT2D eigenvalue weighted by Gasteiger charge is 1.93. The van der Waals surface area contributed by atoms with Gasteiger partial charge < -0.3 is 0 Å². The predicted octanol–water partition coefficient (Wildman–Crippen LogP) is 1.39. The average molecular weight is 165 g/mol. The van der Waals surface area contributed by atoms with E-state index in [1.54, 1.807) is 17.5 Å². The Kier molecular flexibility index (Phi) is 1.69. The van der Waals surface area contributed by atoms with Gasteiger partial charge in [0.1, 0.15) is 0 Å². The molecule has 0 radical (unpaired) electrons. The van der Waals surface area contributed by atoms with Gasteiger partial charge in [-0.05, 0) is 22.4 Å². The second-order valence-corrected chi connectivity index (χ2v) is 3.01. The van der Waals surface area contributed by atoms with Crippen molar-refractivity contribution in [3.05, 3.63) is 34.8 Å². The Morgan fingerprint density at radius 2 is 2.55 bits per heavy atom. The Labute approximate surface area is 68.3 Å². The molecule has 4 heteroatoms. The van der Waals surface area contributed by atoms with Crippen molar-refractivity contribution in [2.75, 3.05) is 0 Å². The highest BCUT2D eigenvalue weighted by molar-refractivity contribution is 7.07. The number of thiophene rings is 1. The van der Waals surface area contributed by atoms with E-state index >= 15 is 0 Å². The van der Waals surface area contributed by atoms with Crippen LogP contribution in [0.1, 0.15) is 5.56 Å². The summed E-state index contributed by atoms with van der Waals surface area (Å²) in [5, 5.41) is 11.8. The Bertz CT molecular complexity index is 266. The maximum absolute atomic E-state index is 3.86. The average Bonchev–Trinajstić information content (AvgIpc) is 2.60. The maximum Gasteiger partial charge on any atom is 0.0693 e. The second-order valence-electron chi connectivity index (χ2n) is 2.23. The second kappa shape index (κ2) is 2.84. The molecule has 2 rings (SSSR count). The van der Waals surface area contributed by atoms with Crippen molar-refractivity contribution in [1.82, 2.24) is 15.0 Å². The van der Waals surface area contributed by atoms with Crippen molar-refractivity contribution in [1.29, 1.82) is 0 Å². The topological polar surface area (TPSA) is 30.7 Å². The van der Waals surface area contributed by atoms with Gasteiger partial charge >= 0.3 is 0 Å². The van der Waals surface area contributed by atoms with E-state index in [1.165, 1.54) is 5.56 Å². The molecule has 0 bridgehead atoms. The van der Waals surface area contributed by atoms with Gasteiger partial charge in [-0.25, -0.2) is 4.68 Å². The first kappa shape index (κ1) is 6.54. The van der Waals surface area contributed by atoms with Crippen molar-refractivity contribution < 1.29 is 0 Å². The molecule has 0 aliphatic rings. The molecule has 11 heavy (non-hydrogen) atoms. The zero-order valence-corrected chi connectivity index (χ0v) is 6.66. The minimum atomic E-state index is 0.823. The van der Waals surface area contributed by atoms with Gasteiger partial charge in [0.25, 0.3) is 0 Å². The van der Waals surface area contributed by atoms with Crippen LogP contribution in [0.4, 0.5) is 0 Å². The number of hydrogen-bond acceptors (Lipinski definition) is 3. The highest BCUT2D eigenvalue weighted by Crippen LogP contribution is 2.06. The summed E-state index contributed by atoms with van der Waals surface area (Å²) in [7, 11) is 0. The lowest BCUT2D eigenvalue weighted by Gasteiger charge is -1.94. The highest BCUT2D eigenvalue weighted by atomic mass is 32.1. The molecule has 0 aliphatic heterocycles. The van der Waals surface area contributed by atoms with Crippen molar-refractivity contribution in [2.45, 2.75) is 6.54 Å². The van der Waals surface area contributed by atoms with Crippen LogP contribution in [0, 0.1) is 0 Å². The molecule has 0 unspecified atom stereocenters. The van der Waals surface area contributed by atoms with Crippen LogP contribution in [-0.4, -0.2) is 15.0 Å². The Morgan fingerprint density at radius 3 is 3.18 bits per heavy atom. The van der Waals surface area contributed by atoms with Crippen LogP contribution in [0.2, 0.25) is 0 Å². The molecular formula is C7H7N3S. The molecule has 0 aromatic carbocycles. The van der Waals surface area contributed by atoms with Crippen LogP contribution >= 0.6 is 11.3 Å². The van der Waals surface area contributed by atoms with E-state index in [0.717, 1.165) is 6.54 Å². The molecule has 0 amide bonds. The SMILES string of the molecule is c1cn(Cc2ccsc2)nn1. The van der Waals surface area contributed by atoms with E-state index < -0.39 is 0 Å². The van der Waals surface area contributed by atoms with Gasteiger partial charge in [0.15, 0.2) is 0 Å². The lowest BCUT2D eigenvalue weighted by molar-refractivity contribution is 0.651. The van der Waals surface area contributed by atoms with Crippen LogP contribution in [0.25, 0.3) is 0 Å². The van der Waals surface area contributed by atoms with E-state index in [9.17, 15) is 0 Å². The normalized spacial score (nSPS) is 10.2. The molecule has 0 atom stereocenters. The molecular weight excluding hydrogens is 158 g/mol. The Hall–Kier alpha value is -1.16. The third kappa shape index (κ3) is 1.46. The summed E-state index contributed by atoms with van der Waals surface area (Å²) in [6.45, 7) is 0.823. The van der Waals surface area contributed by atoms with Crippen molar-refractivity contribution >= 4 is 11.3 Å². The molecule has 2 aromatic heterocycles. The molecule has 2 heterocycles. The summed E-state index contributed by atoms with van der Waals surface area (Å²) in [5.41, 5.74) is 1.28. The zero-order chi connectivity index (χ0) is 7.52. The largest absolute Gasteiger partial charge is 0.248 e. The standard InChI is InChI=1S/C7H7N3S/c1-4-11-6-7(1)5-10-3-2-8-9-10/h1-4,6H,5H2. The van der Waals surface area contributed by atoms with E-state index in [-0.39, 0.29) is 0 Å². The third-order valence-electron chi connectivity index (χ3n) is 1.40. The molecule has 3 nitrogen and oxygen atoms in total. The lowest BCUT2D eigenvalue weighted by atomic mass is 10.3. The molecule has 0 aliphatic carbocycles. The molecule has 0 saturated carbocycles. The van der Waals surface area contributed by atoms with E-state index in [4.69, 9.17) is 0 Å². The summed E-state index contributed by atoms with van der Waals surface area (Å²) in [5.74, 6) is 0. The summed E-state index contributed by atoms with van der Waals surface area (Å²) in [4.78, 5) is 0. The Balaban J connectivity index is 2.14. The van der Waals surface area contributed by atoms with Crippen molar-refractivity contribution in [3.63, 3.8) is 0 Å². The van der Waals surface area contributed by atoms with Crippen molar-refractivity contribution in [2.24, 2.45) is 0 Å². The zero-order valence-electron chi connectivity index (χ0n) is 5.84. The fourth-order valence-corrected chi connectivity index (χ4v) is 1.55. The minimum absolute atomic E-state index is 0.823. The van der Waals surface area contributed by atoms with Crippen LogP contribution in [0.3, 0.4) is 0 Å². The van der Waals surface area contributed by atoms with Crippen LogP contribution in [0.15, 0.2) is 29.2 Å². The predicted molar refractivity (Wildman–Crippen MR) is 43.4 cm³/mol. The Morgan fingerprint density at radius 1 is 1.55 bits per heavy atom. The fourth-order valence-electron chi connectivity index (χ4n) is 0.887. The first-order valence-electron chi connectivity index (χ1n) is 3.30. The summed E-state index contributed by atoms with van der Waals surface area (Å²) in [6.07, 6.45) is 3.55. The van der Waals surface area contributed by atoms with Crippen LogP contribution < -0.4 is 0 Å². The molecule has 0 fully saturated rings. The van der Waals surface area contributed by atoms with E-state index in [1.807, 2.05) is 10.9 Å². The van der Waals surface area contributed by atoms with Gasteiger partial charge in [0.2, 0.25) is 0 Å². The van der Waals surface area contributed by atoms with Gasteiger partial charge in [-0.3, -0.25) is 0 Å². The number of aromatic nitrogens is 3. The number of rotatable bonds is 2. The number of hydrogen-bond donors (Lipinski definition) is 0. The minimum Gasteiger partial charge on any atom is -0.248 e. The smallest absolute Gasteiger partial charge is 0.0693 e. The lowest BCUT2D eigenvalue weighted by Crippen LogP contribution is -1.98. The monoisotopic (exact) mass is 165 g/mol.